The van der Waals surface area contributed by atoms with Gasteiger partial charge in [-0.1, -0.05) is 17.7 Å². The Bertz CT molecular complexity index is 1380. The predicted molar refractivity (Wildman–Crippen MR) is 130 cm³/mol. The van der Waals surface area contributed by atoms with E-state index in [1.54, 1.807) is 7.11 Å². The molecule has 2 aliphatic heterocycles. The SMILES string of the molecule is COc1ccc2c3c1O[C@H]1c4nc5ccc(C)cc5cc4C[C@@]4(O)[C@@H](C2)N(CC2CC2)CC[C@]314. The molecule has 5 aliphatic rings. The zero-order chi connectivity index (χ0) is 22.8. The summed E-state index contributed by atoms with van der Waals surface area (Å²) in [5, 5.41) is 14.0. The summed E-state index contributed by atoms with van der Waals surface area (Å²) in [6.07, 6.45) is 4.74. The highest BCUT2D eigenvalue weighted by Gasteiger charge is 2.72. The van der Waals surface area contributed by atoms with Crippen LogP contribution in [-0.4, -0.2) is 46.8 Å². The molecule has 0 radical (unpaired) electrons. The Kier molecular flexibility index (Phi) is 3.65. The molecule has 34 heavy (non-hydrogen) atoms. The molecular formula is C29H30N2O3. The van der Waals surface area contributed by atoms with E-state index in [-0.39, 0.29) is 12.1 Å². The number of nitrogens with zero attached hydrogens (tertiary/aromatic N) is 2. The molecule has 2 fully saturated rings. The van der Waals surface area contributed by atoms with Crippen LogP contribution in [0, 0.1) is 12.8 Å². The van der Waals surface area contributed by atoms with E-state index in [1.807, 2.05) is 6.07 Å². The lowest BCUT2D eigenvalue weighted by Crippen LogP contribution is -2.74. The van der Waals surface area contributed by atoms with Gasteiger partial charge >= 0.3 is 0 Å². The zero-order valence-electron chi connectivity index (χ0n) is 19.8. The summed E-state index contributed by atoms with van der Waals surface area (Å²) in [4.78, 5) is 7.79. The van der Waals surface area contributed by atoms with Crippen molar-refractivity contribution in [1.29, 1.82) is 0 Å². The molecular weight excluding hydrogens is 424 g/mol. The van der Waals surface area contributed by atoms with Gasteiger partial charge in [-0.2, -0.15) is 0 Å². The van der Waals surface area contributed by atoms with Crippen molar-refractivity contribution in [2.24, 2.45) is 5.92 Å². The van der Waals surface area contributed by atoms with E-state index in [0.717, 1.165) is 65.5 Å². The lowest BCUT2D eigenvalue weighted by Gasteiger charge is -2.63. The highest BCUT2D eigenvalue weighted by atomic mass is 16.5. The van der Waals surface area contributed by atoms with Crippen molar-refractivity contribution in [3.63, 3.8) is 0 Å². The van der Waals surface area contributed by atoms with E-state index in [4.69, 9.17) is 14.5 Å². The Morgan fingerprint density at radius 1 is 1.18 bits per heavy atom. The van der Waals surface area contributed by atoms with Gasteiger partial charge in [-0.15, -0.1) is 0 Å². The Hall–Kier alpha value is -2.63. The predicted octanol–water partition coefficient (Wildman–Crippen LogP) is 4.25. The number of benzene rings is 2. The minimum absolute atomic E-state index is 0.0983. The van der Waals surface area contributed by atoms with E-state index >= 15 is 0 Å². The van der Waals surface area contributed by atoms with Crippen LogP contribution < -0.4 is 9.47 Å². The number of likely N-dealkylation sites (tertiary alicyclic amines) is 1. The standard InChI is InChI=1S/C29H30N2O3/c1-16-3-7-21-19(11-16)12-20-14-29(32)23-13-18-6-8-22(33-2)26-24(18)28(29,27(34-26)25(20)30-21)9-10-31(23)15-17-4-5-17/h3,6-8,11-12,17,23,27,32H,4-5,9-10,13-15H2,1-2H3/t23-,27+,28+,29-/m1/s1. The highest BCUT2D eigenvalue weighted by Crippen LogP contribution is 2.68. The van der Waals surface area contributed by atoms with Gasteiger partial charge in [-0.25, -0.2) is 4.98 Å². The number of aromatic nitrogens is 1. The number of aryl methyl sites for hydroxylation is 1. The van der Waals surface area contributed by atoms with Gasteiger partial charge in [0.05, 0.1) is 29.3 Å². The number of methoxy groups -OCH3 is 1. The van der Waals surface area contributed by atoms with Crippen LogP contribution in [0.2, 0.25) is 0 Å². The average Bonchev–Trinajstić information content (AvgIpc) is 3.56. The molecule has 8 rings (SSSR count). The first kappa shape index (κ1) is 19.7. The normalized spacial score (nSPS) is 32.8. The van der Waals surface area contributed by atoms with E-state index < -0.39 is 11.0 Å². The van der Waals surface area contributed by atoms with Gasteiger partial charge in [-0.05, 0) is 80.5 Å². The monoisotopic (exact) mass is 454 g/mol. The van der Waals surface area contributed by atoms with Crippen LogP contribution in [0.15, 0.2) is 36.4 Å². The van der Waals surface area contributed by atoms with E-state index in [2.05, 4.69) is 42.2 Å². The summed E-state index contributed by atoms with van der Waals surface area (Å²) in [5.74, 6) is 2.39. The molecule has 1 aromatic heterocycles. The van der Waals surface area contributed by atoms with E-state index in [0.29, 0.717) is 6.42 Å². The maximum absolute atomic E-state index is 12.9. The molecule has 5 heteroatoms. The molecule has 3 aliphatic carbocycles. The van der Waals surface area contributed by atoms with Crippen molar-refractivity contribution in [2.45, 2.75) is 62.2 Å². The number of piperidine rings is 1. The summed E-state index contributed by atoms with van der Waals surface area (Å²) < 4.78 is 12.6. The molecule has 2 aromatic carbocycles. The summed E-state index contributed by atoms with van der Waals surface area (Å²) >= 11 is 0. The third kappa shape index (κ3) is 2.26. The molecule has 0 amide bonds. The quantitative estimate of drug-likeness (QED) is 0.641. The van der Waals surface area contributed by atoms with Gasteiger partial charge in [0.1, 0.15) is 0 Å². The Morgan fingerprint density at radius 2 is 2.06 bits per heavy atom. The summed E-state index contributed by atoms with van der Waals surface area (Å²) in [5.41, 5.74) is 5.50. The second-order valence-electron chi connectivity index (χ2n) is 11.3. The van der Waals surface area contributed by atoms with Crippen molar-refractivity contribution in [2.75, 3.05) is 20.2 Å². The van der Waals surface area contributed by atoms with Crippen molar-refractivity contribution in [3.8, 4) is 11.5 Å². The van der Waals surface area contributed by atoms with Crippen molar-refractivity contribution < 1.29 is 14.6 Å². The third-order valence-electron chi connectivity index (χ3n) is 9.51. The summed E-state index contributed by atoms with van der Waals surface area (Å²) in [7, 11) is 1.71. The Labute approximate surface area is 199 Å². The number of hydrogen-bond donors (Lipinski definition) is 1. The minimum atomic E-state index is -0.887. The van der Waals surface area contributed by atoms with Gasteiger partial charge in [-0.3, -0.25) is 4.90 Å². The van der Waals surface area contributed by atoms with Crippen LogP contribution in [0.3, 0.4) is 0 Å². The maximum atomic E-state index is 12.9. The summed E-state index contributed by atoms with van der Waals surface area (Å²) in [6, 6.07) is 13.0. The molecule has 3 aromatic rings. The Morgan fingerprint density at radius 3 is 2.88 bits per heavy atom. The molecule has 4 atom stereocenters. The second-order valence-corrected chi connectivity index (χ2v) is 11.3. The number of fused-ring (bicyclic) bond motifs is 3. The fourth-order valence-corrected chi connectivity index (χ4v) is 7.82. The van der Waals surface area contributed by atoms with Crippen LogP contribution in [0.4, 0.5) is 0 Å². The first-order valence-electron chi connectivity index (χ1n) is 12.8. The highest BCUT2D eigenvalue weighted by molar-refractivity contribution is 5.81. The van der Waals surface area contributed by atoms with Gasteiger partial charge in [0, 0.05) is 30.0 Å². The van der Waals surface area contributed by atoms with Gasteiger partial charge in [0.15, 0.2) is 17.6 Å². The number of rotatable bonds is 3. The number of pyridine rings is 1. The minimum Gasteiger partial charge on any atom is -0.493 e. The number of aliphatic hydroxyl groups is 1. The van der Waals surface area contributed by atoms with Crippen molar-refractivity contribution >= 4 is 10.9 Å². The van der Waals surface area contributed by atoms with Gasteiger partial charge < -0.3 is 14.6 Å². The molecule has 1 saturated carbocycles. The van der Waals surface area contributed by atoms with Crippen LogP contribution in [0.25, 0.3) is 10.9 Å². The first-order valence-corrected chi connectivity index (χ1v) is 12.8. The largest absolute Gasteiger partial charge is 0.493 e. The van der Waals surface area contributed by atoms with Crippen LogP contribution >= 0.6 is 0 Å². The molecule has 5 nitrogen and oxygen atoms in total. The van der Waals surface area contributed by atoms with Crippen molar-refractivity contribution in [1.82, 2.24) is 9.88 Å². The van der Waals surface area contributed by atoms with E-state index in [1.165, 1.54) is 29.5 Å². The topological polar surface area (TPSA) is 54.8 Å². The summed E-state index contributed by atoms with van der Waals surface area (Å²) in [6.45, 7) is 4.23. The Balaban J connectivity index is 1.40. The van der Waals surface area contributed by atoms with Crippen LogP contribution in [-0.2, 0) is 18.3 Å². The first-order chi connectivity index (χ1) is 16.5. The van der Waals surface area contributed by atoms with Crippen LogP contribution in [0.1, 0.15) is 53.3 Å². The van der Waals surface area contributed by atoms with Gasteiger partial charge in [0.25, 0.3) is 0 Å². The third-order valence-corrected chi connectivity index (χ3v) is 9.51. The van der Waals surface area contributed by atoms with Gasteiger partial charge in [0.2, 0.25) is 0 Å². The molecule has 1 N–H and O–H groups in total. The molecule has 174 valence electrons. The molecule has 0 unspecified atom stereocenters. The average molecular weight is 455 g/mol. The molecule has 3 heterocycles. The lowest BCUT2D eigenvalue weighted by atomic mass is 9.49. The van der Waals surface area contributed by atoms with Crippen molar-refractivity contribution in [3.05, 3.63) is 64.3 Å². The maximum Gasteiger partial charge on any atom is 0.166 e. The van der Waals surface area contributed by atoms with Crippen LogP contribution in [0.5, 0.6) is 11.5 Å². The lowest BCUT2D eigenvalue weighted by molar-refractivity contribution is -0.173. The second kappa shape index (κ2) is 6.32. The molecule has 2 bridgehead atoms. The zero-order valence-corrected chi connectivity index (χ0v) is 19.8. The molecule has 1 saturated heterocycles. The smallest absolute Gasteiger partial charge is 0.166 e. The molecule has 1 spiro atoms. The van der Waals surface area contributed by atoms with E-state index in [9.17, 15) is 5.11 Å². The fourth-order valence-electron chi connectivity index (χ4n) is 7.82. The number of hydrogen-bond acceptors (Lipinski definition) is 5. The number of ether oxygens (including phenoxy) is 2. The fraction of sp³-hybridized carbons (Fsp3) is 0.483.